The van der Waals surface area contributed by atoms with Gasteiger partial charge in [-0.1, -0.05) is 6.07 Å². The normalized spacial score (nSPS) is 10.8. The van der Waals surface area contributed by atoms with Crippen molar-refractivity contribution < 1.29 is 0 Å². The number of hydrogen-bond acceptors (Lipinski definition) is 3. The van der Waals surface area contributed by atoms with E-state index in [1.807, 2.05) is 37.3 Å². The lowest BCUT2D eigenvalue weighted by atomic mass is 10.1. The van der Waals surface area contributed by atoms with E-state index in [0.717, 1.165) is 22.2 Å². The lowest BCUT2D eigenvalue weighted by Gasteiger charge is -2.03. The van der Waals surface area contributed by atoms with Crippen LogP contribution in [0.3, 0.4) is 0 Å². The highest BCUT2D eigenvalue weighted by Gasteiger charge is 2.04. The van der Waals surface area contributed by atoms with Crippen LogP contribution in [0.25, 0.3) is 22.3 Å². The Kier molecular flexibility index (Phi) is 2.91. The third-order valence-corrected chi connectivity index (χ3v) is 3.42. The quantitative estimate of drug-likeness (QED) is 0.750. The topological polar surface area (TPSA) is 58.6 Å². The Balaban J connectivity index is 2.17. The van der Waals surface area contributed by atoms with Gasteiger partial charge in [-0.25, -0.2) is 4.98 Å². The van der Waals surface area contributed by atoms with E-state index in [9.17, 15) is 4.79 Å². The number of H-pyrrole nitrogens is 1. The van der Waals surface area contributed by atoms with E-state index in [1.54, 1.807) is 0 Å². The van der Waals surface area contributed by atoms with Gasteiger partial charge in [-0.3, -0.25) is 9.78 Å². The van der Waals surface area contributed by atoms with Crippen LogP contribution in [0.5, 0.6) is 0 Å². The number of nitrogens with one attached hydrogen (secondary N) is 1. The third kappa shape index (κ3) is 2.29. The summed E-state index contributed by atoms with van der Waals surface area (Å²) < 4.78 is 0.425. The van der Waals surface area contributed by atoms with Crippen LogP contribution in [-0.4, -0.2) is 15.0 Å². The fourth-order valence-corrected chi connectivity index (χ4v) is 2.10. The fraction of sp³-hybridized carbons (Fsp3) is 0.0714. The molecule has 1 N–H and O–H groups in total. The second-order valence-electron chi connectivity index (χ2n) is 4.27. The molecular weight excluding hydrogens is 306 g/mol. The number of benzene rings is 1. The second kappa shape index (κ2) is 4.59. The highest BCUT2D eigenvalue weighted by Crippen LogP contribution is 2.20. The Bertz CT molecular complexity index is 826. The maximum atomic E-state index is 11.6. The molecule has 0 fully saturated rings. The molecule has 0 unspecified atom stereocenters. The van der Waals surface area contributed by atoms with Crippen molar-refractivity contribution in [1.82, 2.24) is 15.0 Å². The van der Waals surface area contributed by atoms with Gasteiger partial charge in [0, 0.05) is 22.8 Å². The summed E-state index contributed by atoms with van der Waals surface area (Å²) in [5, 5.41) is 1.02. The summed E-state index contributed by atoms with van der Waals surface area (Å²) >= 11 is 3.13. The van der Waals surface area contributed by atoms with Crippen molar-refractivity contribution in [3.63, 3.8) is 0 Å². The highest BCUT2D eigenvalue weighted by atomic mass is 79.9. The number of aromatic amines is 1. The average Bonchev–Trinajstić information content (AvgIpc) is 2.41. The van der Waals surface area contributed by atoms with Crippen LogP contribution >= 0.6 is 15.9 Å². The molecule has 0 spiro atoms. The molecule has 0 radical (unpaired) electrons. The minimum atomic E-state index is -0.188. The molecule has 5 heteroatoms. The van der Waals surface area contributed by atoms with Crippen molar-refractivity contribution in [3.8, 4) is 11.4 Å². The summed E-state index contributed by atoms with van der Waals surface area (Å²) in [4.78, 5) is 23.0. The average molecular weight is 316 g/mol. The van der Waals surface area contributed by atoms with Gasteiger partial charge in [0.1, 0.15) is 10.3 Å². The summed E-state index contributed by atoms with van der Waals surface area (Å²) in [6.45, 7) is 1.96. The fourth-order valence-electron chi connectivity index (χ4n) is 1.90. The first-order valence-corrected chi connectivity index (χ1v) is 6.55. The zero-order chi connectivity index (χ0) is 13.4. The maximum Gasteiger partial charge on any atom is 0.265 e. The van der Waals surface area contributed by atoms with Gasteiger partial charge in [-0.2, -0.15) is 0 Å². The first kappa shape index (κ1) is 12.0. The van der Waals surface area contributed by atoms with Gasteiger partial charge in [-0.15, -0.1) is 0 Å². The minimum absolute atomic E-state index is 0.188. The Morgan fingerprint density at radius 3 is 2.84 bits per heavy atom. The standard InChI is InChI=1S/C14H10BrN3O/c1-8-2-3-9-6-10(4-5-12(9)17-8)13-16-7-11(15)14(19)18-13/h2-7H,1H3,(H,16,18,19). The first-order chi connectivity index (χ1) is 9.13. The first-order valence-electron chi connectivity index (χ1n) is 5.76. The minimum Gasteiger partial charge on any atom is -0.306 e. The van der Waals surface area contributed by atoms with E-state index >= 15 is 0 Å². The lowest BCUT2D eigenvalue weighted by Crippen LogP contribution is -2.08. The van der Waals surface area contributed by atoms with E-state index in [4.69, 9.17) is 0 Å². The molecule has 19 heavy (non-hydrogen) atoms. The molecule has 0 aliphatic carbocycles. The molecule has 0 aliphatic rings. The van der Waals surface area contributed by atoms with Crippen molar-refractivity contribution in [2.45, 2.75) is 6.92 Å². The lowest BCUT2D eigenvalue weighted by molar-refractivity contribution is 1.11. The number of halogens is 1. The molecule has 0 bridgehead atoms. The van der Waals surface area contributed by atoms with Crippen LogP contribution in [0, 0.1) is 6.92 Å². The second-order valence-corrected chi connectivity index (χ2v) is 5.12. The number of nitrogens with zero attached hydrogens (tertiary/aromatic N) is 2. The Morgan fingerprint density at radius 2 is 2.05 bits per heavy atom. The van der Waals surface area contributed by atoms with E-state index < -0.39 is 0 Å². The van der Waals surface area contributed by atoms with Crippen molar-refractivity contribution in [2.75, 3.05) is 0 Å². The number of hydrogen-bond donors (Lipinski definition) is 1. The molecule has 2 aromatic heterocycles. The van der Waals surface area contributed by atoms with Crippen molar-refractivity contribution in [2.24, 2.45) is 0 Å². The largest absolute Gasteiger partial charge is 0.306 e. The SMILES string of the molecule is Cc1ccc2cc(-c3ncc(Br)c(=O)[nH]3)ccc2n1. The molecule has 0 aliphatic heterocycles. The number of rotatable bonds is 1. The van der Waals surface area contributed by atoms with Crippen LogP contribution in [0.4, 0.5) is 0 Å². The zero-order valence-electron chi connectivity index (χ0n) is 10.1. The Morgan fingerprint density at radius 1 is 1.21 bits per heavy atom. The molecule has 94 valence electrons. The number of aryl methyl sites for hydroxylation is 1. The van der Waals surface area contributed by atoms with Crippen molar-refractivity contribution in [3.05, 3.63) is 57.0 Å². The van der Waals surface area contributed by atoms with E-state index in [-0.39, 0.29) is 5.56 Å². The van der Waals surface area contributed by atoms with Gasteiger partial charge < -0.3 is 4.98 Å². The summed E-state index contributed by atoms with van der Waals surface area (Å²) in [7, 11) is 0. The van der Waals surface area contributed by atoms with Gasteiger partial charge in [0.15, 0.2) is 0 Å². The van der Waals surface area contributed by atoms with Crippen LogP contribution in [0.2, 0.25) is 0 Å². The zero-order valence-corrected chi connectivity index (χ0v) is 11.7. The van der Waals surface area contributed by atoms with Gasteiger partial charge in [0.05, 0.1) is 5.52 Å². The Hall–Kier alpha value is -2.01. The van der Waals surface area contributed by atoms with E-state index in [2.05, 4.69) is 30.9 Å². The molecule has 3 aromatic rings. The number of pyridine rings is 1. The highest BCUT2D eigenvalue weighted by molar-refractivity contribution is 9.10. The van der Waals surface area contributed by atoms with Gasteiger partial charge in [-0.05, 0) is 47.1 Å². The van der Waals surface area contributed by atoms with Gasteiger partial charge in [0.25, 0.3) is 5.56 Å². The number of aromatic nitrogens is 3. The van der Waals surface area contributed by atoms with Crippen LogP contribution in [0.1, 0.15) is 5.69 Å². The molecule has 2 heterocycles. The van der Waals surface area contributed by atoms with Crippen LogP contribution in [0.15, 0.2) is 45.8 Å². The maximum absolute atomic E-state index is 11.6. The molecule has 3 rings (SSSR count). The van der Waals surface area contributed by atoms with E-state index in [0.29, 0.717) is 10.3 Å². The summed E-state index contributed by atoms with van der Waals surface area (Å²) in [6.07, 6.45) is 1.51. The van der Waals surface area contributed by atoms with Gasteiger partial charge in [0.2, 0.25) is 0 Å². The summed E-state index contributed by atoms with van der Waals surface area (Å²) in [6, 6.07) is 9.77. The third-order valence-electron chi connectivity index (χ3n) is 2.86. The summed E-state index contributed by atoms with van der Waals surface area (Å²) in [5.74, 6) is 0.552. The monoisotopic (exact) mass is 315 g/mol. The molecule has 0 saturated carbocycles. The molecule has 0 saturated heterocycles. The van der Waals surface area contributed by atoms with Crippen LogP contribution in [-0.2, 0) is 0 Å². The summed E-state index contributed by atoms with van der Waals surface area (Å²) in [5.41, 5.74) is 2.59. The van der Waals surface area contributed by atoms with Crippen LogP contribution < -0.4 is 5.56 Å². The Labute approximate surface area is 117 Å². The van der Waals surface area contributed by atoms with Crippen molar-refractivity contribution in [1.29, 1.82) is 0 Å². The molecular formula is C14H10BrN3O. The predicted octanol–water partition coefficient (Wildman–Crippen LogP) is 3.06. The smallest absolute Gasteiger partial charge is 0.265 e. The van der Waals surface area contributed by atoms with Gasteiger partial charge >= 0.3 is 0 Å². The molecule has 0 amide bonds. The molecule has 0 atom stereocenters. The number of fused-ring (bicyclic) bond motifs is 1. The molecule has 4 nitrogen and oxygen atoms in total. The van der Waals surface area contributed by atoms with E-state index in [1.165, 1.54) is 6.20 Å². The molecule has 1 aromatic carbocycles. The predicted molar refractivity (Wildman–Crippen MR) is 78.0 cm³/mol. The van der Waals surface area contributed by atoms with Crippen molar-refractivity contribution >= 4 is 26.8 Å².